The van der Waals surface area contributed by atoms with Crippen molar-refractivity contribution in [1.82, 2.24) is 4.90 Å². The first-order chi connectivity index (χ1) is 13.3. The Morgan fingerprint density at radius 3 is 2.39 bits per heavy atom. The Morgan fingerprint density at radius 2 is 1.79 bits per heavy atom. The second kappa shape index (κ2) is 8.35. The van der Waals surface area contributed by atoms with Crippen molar-refractivity contribution >= 4 is 21.6 Å². The summed E-state index contributed by atoms with van der Waals surface area (Å²) in [5.74, 6) is 0.650. The van der Waals surface area contributed by atoms with Gasteiger partial charge in [-0.05, 0) is 80.5 Å². The maximum atomic E-state index is 12.8. The Labute approximate surface area is 167 Å². The molecule has 0 unspecified atom stereocenters. The fraction of sp³-hybridized carbons (Fsp3) is 0.409. The van der Waals surface area contributed by atoms with E-state index in [-0.39, 0.29) is 10.8 Å². The van der Waals surface area contributed by atoms with Crippen molar-refractivity contribution in [1.29, 1.82) is 0 Å². The molecule has 28 heavy (non-hydrogen) atoms. The zero-order valence-corrected chi connectivity index (χ0v) is 17.6. The summed E-state index contributed by atoms with van der Waals surface area (Å²) < 4.78 is 28.1. The van der Waals surface area contributed by atoms with E-state index in [1.807, 2.05) is 17.9 Å². The van der Waals surface area contributed by atoms with Gasteiger partial charge in [-0.3, -0.25) is 9.52 Å². The number of hydrogen-bond donors (Lipinski definition) is 1. The van der Waals surface area contributed by atoms with E-state index in [1.54, 1.807) is 43.3 Å². The van der Waals surface area contributed by atoms with E-state index in [4.69, 9.17) is 0 Å². The highest BCUT2D eigenvalue weighted by atomic mass is 32.2. The molecular weight excluding hydrogens is 372 g/mol. The van der Waals surface area contributed by atoms with Gasteiger partial charge in [-0.25, -0.2) is 8.42 Å². The van der Waals surface area contributed by atoms with Crippen LogP contribution in [0.3, 0.4) is 0 Å². The molecule has 0 saturated heterocycles. The second-order valence-electron chi connectivity index (χ2n) is 7.65. The lowest BCUT2D eigenvalue weighted by atomic mass is 10.1. The van der Waals surface area contributed by atoms with E-state index in [9.17, 15) is 13.2 Å². The topological polar surface area (TPSA) is 66.5 Å². The Kier molecular flexibility index (Phi) is 6.08. The first-order valence-electron chi connectivity index (χ1n) is 9.79. The van der Waals surface area contributed by atoms with Gasteiger partial charge in [0.05, 0.1) is 4.90 Å². The Bertz CT molecular complexity index is 948. The van der Waals surface area contributed by atoms with E-state index in [1.165, 1.54) is 12.8 Å². The molecule has 0 atom stereocenters. The Balaban J connectivity index is 1.74. The van der Waals surface area contributed by atoms with E-state index in [0.717, 1.165) is 25.1 Å². The van der Waals surface area contributed by atoms with Crippen LogP contribution in [-0.4, -0.2) is 32.3 Å². The molecule has 2 aromatic rings. The molecule has 3 rings (SSSR count). The van der Waals surface area contributed by atoms with Gasteiger partial charge < -0.3 is 4.90 Å². The minimum Gasteiger partial charge on any atom is -0.338 e. The molecular formula is C22H28N2O3S. The number of anilines is 1. The molecule has 0 aliphatic heterocycles. The standard InChI is InChI=1S/C22H28N2O3S/c1-4-13-24(15-18-7-8-18)22(25)19-9-11-20(12-10-19)23-28(26,27)21-14-16(2)5-6-17(21)3/h5-6,9-12,14,18,23H,4,7-8,13,15H2,1-3H3. The number of aryl methyl sites for hydroxylation is 2. The van der Waals surface area contributed by atoms with Crippen LogP contribution in [0.4, 0.5) is 5.69 Å². The van der Waals surface area contributed by atoms with E-state index < -0.39 is 10.0 Å². The highest BCUT2D eigenvalue weighted by molar-refractivity contribution is 7.92. The molecule has 0 heterocycles. The van der Waals surface area contributed by atoms with Crippen LogP contribution in [-0.2, 0) is 10.0 Å². The fourth-order valence-corrected chi connectivity index (χ4v) is 4.62. The summed E-state index contributed by atoms with van der Waals surface area (Å²) in [6.07, 6.45) is 3.32. The van der Waals surface area contributed by atoms with Gasteiger partial charge in [0.25, 0.3) is 15.9 Å². The summed E-state index contributed by atoms with van der Waals surface area (Å²) in [6, 6.07) is 12.0. The van der Waals surface area contributed by atoms with Crippen molar-refractivity contribution in [3.63, 3.8) is 0 Å². The van der Waals surface area contributed by atoms with Gasteiger partial charge in [0, 0.05) is 24.3 Å². The van der Waals surface area contributed by atoms with Crippen LogP contribution < -0.4 is 4.72 Å². The molecule has 5 nitrogen and oxygen atoms in total. The van der Waals surface area contributed by atoms with Gasteiger partial charge >= 0.3 is 0 Å². The van der Waals surface area contributed by atoms with Crippen molar-refractivity contribution in [3.05, 3.63) is 59.2 Å². The van der Waals surface area contributed by atoms with Crippen LogP contribution in [0.1, 0.15) is 47.7 Å². The third kappa shape index (κ3) is 4.93. The second-order valence-corrected chi connectivity index (χ2v) is 9.30. The summed E-state index contributed by atoms with van der Waals surface area (Å²) in [6.45, 7) is 7.27. The molecule has 0 bridgehead atoms. The number of carbonyl (C=O) groups is 1. The highest BCUT2D eigenvalue weighted by Crippen LogP contribution is 2.30. The minimum absolute atomic E-state index is 0.0117. The molecule has 6 heteroatoms. The van der Waals surface area contributed by atoms with Gasteiger partial charge in [0.2, 0.25) is 0 Å². The van der Waals surface area contributed by atoms with Crippen molar-refractivity contribution in [2.75, 3.05) is 17.8 Å². The Morgan fingerprint density at radius 1 is 1.11 bits per heavy atom. The summed E-state index contributed by atoms with van der Waals surface area (Å²) in [7, 11) is -3.68. The van der Waals surface area contributed by atoms with Gasteiger partial charge in [0.1, 0.15) is 0 Å². The lowest BCUT2D eigenvalue weighted by molar-refractivity contribution is 0.0747. The maximum Gasteiger partial charge on any atom is 0.262 e. The molecule has 1 aliphatic carbocycles. The number of rotatable bonds is 8. The van der Waals surface area contributed by atoms with E-state index in [0.29, 0.717) is 22.7 Å². The van der Waals surface area contributed by atoms with Crippen molar-refractivity contribution in [2.45, 2.75) is 44.9 Å². The first-order valence-corrected chi connectivity index (χ1v) is 11.3. The SMILES string of the molecule is CCCN(CC1CC1)C(=O)c1ccc(NS(=O)(=O)c2cc(C)ccc2C)cc1. The quantitative estimate of drug-likeness (QED) is 0.716. The lowest BCUT2D eigenvalue weighted by Crippen LogP contribution is -2.33. The Hall–Kier alpha value is -2.34. The molecule has 0 radical (unpaired) electrons. The highest BCUT2D eigenvalue weighted by Gasteiger charge is 2.27. The van der Waals surface area contributed by atoms with E-state index >= 15 is 0 Å². The number of sulfonamides is 1. The lowest BCUT2D eigenvalue weighted by Gasteiger charge is -2.22. The molecule has 1 fully saturated rings. The van der Waals surface area contributed by atoms with Crippen LogP contribution in [0.25, 0.3) is 0 Å². The number of amides is 1. The van der Waals surface area contributed by atoms with Gasteiger partial charge in [0.15, 0.2) is 0 Å². The predicted molar refractivity (Wildman–Crippen MR) is 112 cm³/mol. The van der Waals surface area contributed by atoms with Crippen molar-refractivity contribution in [2.24, 2.45) is 5.92 Å². The van der Waals surface area contributed by atoms with Gasteiger partial charge in [-0.2, -0.15) is 0 Å². The third-order valence-electron chi connectivity index (χ3n) is 4.97. The largest absolute Gasteiger partial charge is 0.338 e. The van der Waals surface area contributed by atoms with Crippen LogP contribution in [0, 0.1) is 19.8 Å². The average Bonchev–Trinajstić information content (AvgIpc) is 3.47. The number of hydrogen-bond acceptors (Lipinski definition) is 3. The number of carbonyl (C=O) groups excluding carboxylic acids is 1. The molecule has 1 amide bonds. The average molecular weight is 401 g/mol. The fourth-order valence-electron chi connectivity index (χ4n) is 3.23. The molecule has 1 aliphatic rings. The molecule has 0 aromatic heterocycles. The van der Waals surface area contributed by atoms with Crippen LogP contribution in [0.5, 0.6) is 0 Å². The summed E-state index contributed by atoms with van der Waals surface area (Å²) in [4.78, 5) is 15.0. The number of nitrogens with zero attached hydrogens (tertiary/aromatic N) is 1. The third-order valence-corrected chi connectivity index (χ3v) is 6.50. The van der Waals surface area contributed by atoms with Crippen LogP contribution in [0.15, 0.2) is 47.4 Å². The number of benzene rings is 2. The van der Waals surface area contributed by atoms with Crippen molar-refractivity contribution in [3.8, 4) is 0 Å². The molecule has 1 saturated carbocycles. The molecule has 2 aromatic carbocycles. The smallest absolute Gasteiger partial charge is 0.262 e. The van der Waals surface area contributed by atoms with Crippen LogP contribution >= 0.6 is 0 Å². The molecule has 1 N–H and O–H groups in total. The summed E-state index contributed by atoms with van der Waals surface area (Å²) in [5, 5.41) is 0. The normalized spacial score (nSPS) is 14.0. The summed E-state index contributed by atoms with van der Waals surface area (Å²) >= 11 is 0. The number of nitrogens with one attached hydrogen (secondary N) is 1. The minimum atomic E-state index is -3.68. The van der Waals surface area contributed by atoms with E-state index in [2.05, 4.69) is 11.6 Å². The maximum absolute atomic E-state index is 12.8. The monoisotopic (exact) mass is 400 g/mol. The van der Waals surface area contributed by atoms with Gasteiger partial charge in [-0.1, -0.05) is 19.1 Å². The predicted octanol–water partition coefficient (Wildman–Crippen LogP) is 4.37. The molecule has 150 valence electrons. The summed E-state index contributed by atoms with van der Waals surface area (Å²) in [5.41, 5.74) is 2.62. The van der Waals surface area contributed by atoms with Crippen molar-refractivity contribution < 1.29 is 13.2 Å². The van der Waals surface area contributed by atoms with Crippen LogP contribution in [0.2, 0.25) is 0 Å². The zero-order chi connectivity index (χ0) is 20.3. The first kappa shape index (κ1) is 20.4. The molecule has 0 spiro atoms. The zero-order valence-electron chi connectivity index (χ0n) is 16.7. The van der Waals surface area contributed by atoms with Gasteiger partial charge in [-0.15, -0.1) is 0 Å².